The highest BCUT2D eigenvalue weighted by atomic mass is 16.5. The van der Waals surface area contributed by atoms with E-state index in [1.165, 1.54) is 6.08 Å². The van der Waals surface area contributed by atoms with Crippen molar-refractivity contribution < 1.29 is 9.53 Å². The minimum absolute atomic E-state index is 0.226. The minimum Gasteiger partial charge on any atom is -0.447 e. The second-order valence-corrected chi connectivity index (χ2v) is 1.52. The van der Waals surface area contributed by atoms with Gasteiger partial charge < -0.3 is 4.74 Å². The highest BCUT2D eigenvalue weighted by molar-refractivity contribution is 6.03. The summed E-state index contributed by atoms with van der Waals surface area (Å²) in [4.78, 5) is 10.6. The SMILES string of the molecule is C/C=C\C(=O)C#COCC. The smallest absolute Gasteiger partial charge is 0.231 e. The number of allylic oxidation sites excluding steroid dienone is 2. The van der Waals surface area contributed by atoms with Crippen LogP contribution in [0.3, 0.4) is 0 Å². The fourth-order valence-corrected chi connectivity index (χ4v) is 0.352. The zero-order valence-electron chi connectivity index (χ0n) is 6.18. The molecule has 0 spiro atoms. The third-order valence-electron chi connectivity index (χ3n) is 0.709. The minimum atomic E-state index is -0.226. The Balaban J connectivity index is 3.69. The lowest BCUT2D eigenvalue weighted by Crippen LogP contribution is -1.86. The number of hydrogen-bond donors (Lipinski definition) is 0. The third-order valence-corrected chi connectivity index (χ3v) is 0.709. The van der Waals surface area contributed by atoms with Gasteiger partial charge in [-0.1, -0.05) is 6.08 Å². The summed E-state index contributed by atoms with van der Waals surface area (Å²) in [6, 6.07) is 0. The highest BCUT2D eigenvalue weighted by Gasteiger charge is 1.83. The van der Waals surface area contributed by atoms with Crippen molar-refractivity contribution >= 4 is 5.78 Å². The van der Waals surface area contributed by atoms with Crippen LogP contribution in [-0.2, 0) is 9.53 Å². The molecule has 0 aromatic heterocycles. The van der Waals surface area contributed by atoms with Crippen molar-refractivity contribution in [3.63, 3.8) is 0 Å². The zero-order valence-corrected chi connectivity index (χ0v) is 6.18. The third kappa shape index (κ3) is 4.92. The summed E-state index contributed by atoms with van der Waals surface area (Å²) in [6.07, 6.45) is 5.31. The lowest BCUT2D eigenvalue weighted by Gasteiger charge is -1.82. The normalized spacial score (nSPS) is 8.60. The van der Waals surface area contributed by atoms with Gasteiger partial charge in [0.05, 0.1) is 6.61 Å². The largest absolute Gasteiger partial charge is 0.447 e. The Bertz CT molecular complexity index is 181. The van der Waals surface area contributed by atoms with Gasteiger partial charge in [0.2, 0.25) is 5.78 Å². The van der Waals surface area contributed by atoms with Crippen LogP contribution in [0.5, 0.6) is 0 Å². The molecule has 0 amide bonds. The van der Waals surface area contributed by atoms with Gasteiger partial charge in [0.15, 0.2) is 0 Å². The van der Waals surface area contributed by atoms with Gasteiger partial charge in [-0.15, -0.1) is 0 Å². The van der Waals surface area contributed by atoms with Gasteiger partial charge in [-0.25, -0.2) is 0 Å². The molecule has 2 nitrogen and oxygen atoms in total. The van der Waals surface area contributed by atoms with Gasteiger partial charge >= 0.3 is 0 Å². The molecule has 0 N–H and O–H groups in total. The Labute approximate surface area is 60.9 Å². The summed E-state index contributed by atoms with van der Waals surface area (Å²) in [5.74, 6) is 2.06. The second-order valence-electron chi connectivity index (χ2n) is 1.52. The molecule has 2 heteroatoms. The molecule has 0 bridgehead atoms. The number of ketones is 1. The summed E-state index contributed by atoms with van der Waals surface area (Å²) in [5, 5.41) is 0. The van der Waals surface area contributed by atoms with Crippen LogP contribution in [0.15, 0.2) is 12.2 Å². The number of hydrogen-bond acceptors (Lipinski definition) is 2. The maximum Gasteiger partial charge on any atom is 0.231 e. The molecule has 0 atom stereocenters. The van der Waals surface area contributed by atoms with Crippen LogP contribution < -0.4 is 0 Å². The monoisotopic (exact) mass is 138 g/mol. The topological polar surface area (TPSA) is 26.3 Å². The Kier molecular flexibility index (Phi) is 5.17. The van der Waals surface area contributed by atoms with Gasteiger partial charge in [-0.3, -0.25) is 4.79 Å². The molecule has 0 rings (SSSR count). The van der Waals surface area contributed by atoms with Gasteiger partial charge in [0, 0.05) is 5.92 Å². The fourth-order valence-electron chi connectivity index (χ4n) is 0.352. The molecule has 0 aromatic rings. The predicted molar refractivity (Wildman–Crippen MR) is 39.2 cm³/mol. The summed E-state index contributed by atoms with van der Waals surface area (Å²) >= 11 is 0. The van der Waals surface area contributed by atoms with E-state index in [2.05, 4.69) is 16.8 Å². The summed E-state index contributed by atoms with van der Waals surface area (Å²) in [7, 11) is 0. The van der Waals surface area contributed by atoms with E-state index in [9.17, 15) is 4.79 Å². The lowest BCUT2D eigenvalue weighted by atomic mass is 10.4. The quantitative estimate of drug-likeness (QED) is 0.422. The molecule has 10 heavy (non-hydrogen) atoms. The van der Waals surface area contributed by atoms with Gasteiger partial charge in [-0.2, -0.15) is 0 Å². The van der Waals surface area contributed by atoms with Crippen molar-refractivity contribution in [1.82, 2.24) is 0 Å². The maximum atomic E-state index is 10.6. The first-order chi connectivity index (χ1) is 4.81. The van der Waals surface area contributed by atoms with E-state index in [-0.39, 0.29) is 5.78 Å². The predicted octanol–water partition coefficient (Wildman–Crippen LogP) is 1.13. The van der Waals surface area contributed by atoms with Gasteiger partial charge in [0.25, 0.3) is 0 Å². The Morgan fingerprint density at radius 2 is 2.40 bits per heavy atom. The Morgan fingerprint density at radius 3 is 2.90 bits per heavy atom. The first-order valence-corrected chi connectivity index (χ1v) is 3.10. The lowest BCUT2D eigenvalue weighted by molar-refractivity contribution is -0.109. The first-order valence-electron chi connectivity index (χ1n) is 3.10. The van der Waals surface area contributed by atoms with Crippen LogP contribution in [0.2, 0.25) is 0 Å². The van der Waals surface area contributed by atoms with E-state index in [0.29, 0.717) is 6.61 Å². The number of ether oxygens (including phenoxy) is 1. The second kappa shape index (κ2) is 5.90. The van der Waals surface area contributed by atoms with E-state index in [1.54, 1.807) is 13.0 Å². The standard InChI is InChI=1S/C8H10O2/c1-3-5-8(9)6-7-10-4-2/h3,5H,4H2,1-2H3/b5-3-. The van der Waals surface area contributed by atoms with E-state index in [1.807, 2.05) is 6.92 Å². The zero-order chi connectivity index (χ0) is 7.82. The van der Waals surface area contributed by atoms with E-state index < -0.39 is 0 Å². The van der Waals surface area contributed by atoms with E-state index in [4.69, 9.17) is 0 Å². The van der Waals surface area contributed by atoms with Gasteiger partial charge in [0.1, 0.15) is 6.11 Å². The van der Waals surface area contributed by atoms with Crippen LogP contribution in [0.4, 0.5) is 0 Å². The maximum absolute atomic E-state index is 10.6. The van der Waals surface area contributed by atoms with Crippen LogP contribution in [0.25, 0.3) is 0 Å². The van der Waals surface area contributed by atoms with Crippen LogP contribution in [0, 0.1) is 12.0 Å². The molecule has 0 heterocycles. The molecular weight excluding hydrogens is 128 g/mol. The molecule has 0 aromatic carbocycles. The van der Waals surface area contributed by atoms with Crippen LogP contribution in [0.1, 0.15) is 13.8 Å². The molecule has 0 radical (unpaired) electrons. The van der Waals surface area contributed by atoms with Crippen molar-refractivity contribution in [3.05, 3.63) is 12.2 Å². The summed E-state index contributed by atoms with van der Waals surface area (Å²) in [5.41, 5.74) is 0. The molecule has 0 fully saturated rings. The van der Waals surface area contributed by atoms with Crippen LogP contribution in [-0.4, -0.2) is 12.4 Å². The molecule has 0 aliphatic carbocycles. The molecule has 0 unspecified atom stereocenters. The molecule has 54 valence electrons. The molecule has 0 saturated carbocycles. The highest BCUT2D eigenvalue weighted by Crippen LogP contribution is 1.73. The summed E-state index contributed by atoms with van der Waals surface area (Å²) < 4.78 is 4.63. The molecule has 0 aliphatic rings. The van der Waals surface area contributed by atoms with E-state index >= 15 is 0 Å². The van der Waals surface area contributed by atoms with Crippen molar-refractivity contribution in [1.29, 1.82) is 0 Å². The average Bonchev–Trinajstić information content (AvgIpc) is 1.89. The number of carbonyl (C=O) groups excluding carboxylic acids is 1. The van der Waals surface area contributed by atoms with Crippen molar-refractivity contribution in [2.75, 3.05) is 6.61 Å². The molecule has 0 saturated heterocycles. The van der Waals surface area contributed by atoms with Gasteiger partial charge in [-0.05, 0) is 19.9 Å². The molecule has 0 aliphatic heterocycles. The van der Waals surface area contributed by atoms with Crippen molar-refractivity contribution in [2.45, 2.75) is 13.8 Å². The van der Waals surface area contributed by atoms with Crippen LogP contribution >= 0.6 is 0 Å². The molecular formula is C8H10O2. The average molecular weight is 138 g/mol. The van der Waals surface area contributed by atoms with Crippen molar-refractivity contribution in [2.24, 2.45) is 0 Å². The first kappa shape index (κ1) is 8.77. The number of rotatable bonds is 2. The van der Waals surface area contributed by atoms with E-state index in [0.717, 1.165) is 0 Å². The Hall–Kier alpha value is -1.23. The summed E-state index contributed by atoms with van der Waals surface area (Å²) in [6.45, 7) is 4.09. The van der Waals surface area contributed by atoms with Crippen molar-refractivity contribution in [3.8, 4) is 12.0 Å². The Morgan fingerprint density at radius 1 is 1.70 bits per heavy atom. The number of carbonyl (C=O) groups is 1. The fraction of sp³-hybridized carbons (Fsp3) is 0.375.